The van der Waals surface area contributed by atoms with Crippen LogP contribution >= 0.6 is 0 Å². The molecule has 0 saturated carbocycles. The number of hydrogen-bond acceptors (Lipinski definition) is 4. The molecule has 0 bridgehead atoms. The van der Waals surface area contributed by atoms with Gasteiger partial charge in [-0.05, 0) is 13.0 Å². The van der Waals surface area contributed by atoms with Crippen molar-refractivity contribution < 1.29 is 0 Å². The molecule has 0 aromatic carbocycles. The number of nitrogens with one attached hydrogen (secondary N) is 2. The highest BCUT2D eigenvalue weighted by atomic mass is 15.3. The lowest BCUT2D eigenvalue weighted by Crippen LogP contribution is -1.82. The van der Waals surface area contributed by atoms with E-state index in [0.29, 0.717) is 0 Å². The zero-order valence-corrected chi connectivity index (χ0v) is 8.02. The molecule has 0 amide bonds. The van der Waals surface area contributed by atoms with Gasteiger partial charge in [-0.1, -0.05) is 0 Å². The third-order valence-corrected chi connectivity index (χ3v) is 2.17. The van der Waals surface area contributed by atoms with Crippen molar-refractivity contribution in [2.75, 3.05) is 0 Å². The van der Waals surface area contributed by atoms with E-state index >= 15 is 0 Å². The average molecular weight is 200 g/mol. The summed E-state index contributed by atoms with van der Waals surface area (Å²) in [7, 11) is 0. The van der Waals surface area contributed by atoms with E-state index in [9.17, 15) is 0 Å². The SMILES string of the molecule is Cc1nc2ncc(-c3cn[nH]n3)cc2[nH]1. The van der Waals surface area contributed by atoms with E-state index in [-0.39, 0.29) is 0 Å². The number of imidazole rings is 1. The van der Waals surface area contributed by atoms with Crippen LogP contribution in [0.1, 0.15) is 5.82 Å². The molecular weight excluding hydrogens is 192 g/mol. The van der Waals surface area contributed by atoms with E-state index < -0.39 is 0 Å². The van der Waals surface area contributed by atoms with Crippen LogP contribution in [0.25, 0.3) is 22.4 Å². The number of pyridine rings is 1. The lowest BCUT2D eigenvalue weighted by atomic mass is 10.2. The fourth-order valence-electron chi connectivity index (χ4n) is 1.50. The van der Waals surface area contributed by atoms with Gasteiger partial charge in [0.25, 0.3) is 0 Å². The topological polar surface area (TPSA) is 83.1 Å². The molecule has 0 fully saturated rings. The molecule has 3 aromatic rings. The second-order valence-corrected chi connectivity index (χ2v) is 3.27. The first-order chi connectivity index (χ1) is 7.33. The van der Waals surface area contributed by atoms with Crippen molar-refractivity contribution in [3.05, 3.63) is 24.3 Å². The number of nitrogens with zero attached hydrogens (tertiary/aromatic N) is 4. The van der Waals surface area contributed by atoms with E-state index in [0.717, 1.165) is 28.2 Å². The summed E-state index contributed by atoms with van der Waals surface area (Å²) in [5.74, 6) is 0.856. The number of aromatic nitrogens is 6. The van der Waals surface area contributed by atoms with Crippen LogP contribution in [0.5, 0.6) is 0 Å². The molecule has 3 aromatic heterocycles. The van der Waals surface area contributed by atoms with Gasteiger partial charge >= 0.3 is 0 Å². The largest absolute Gasteiger partial charge is 0.341 e. The van der Waals surface area contributed by atoms with Gasteiger partial charge in [-0.2, -0.15) is 15.4 Å². The third-order valence-electron chi connectivity index (χ3n) is 2.17. The highest BCUT2D eigenvalue weighted by Crippen LogP contribution is 2.18. The lowest BCUT2D eigenvalue weighted by molar-refractivity contribution is 0.942. The van der Waals surface area contributed by atoms with Gasteiger partial charge in [0.2, 0.25) is 0 Å². The van der Waals surface area contributed by atoms with Gasteiger partial charge in [-0.3, -0.25) is 0 Å². The Bertz CT molecular complexity index is 594. The van der Waals surface area contributed by atoms with Crippen LogP contribution in [0.4, 0.5) is 0 Å². The Morgan fingerprint density at radius 3 is 3.00 bits per heavy atom. The first kappa shape index (κ1) is 8.10. The molecule has 3 rings (SSSR count). The smallest absolute Gasteiger partial charge is 0.177 e. The minimum Gasteiger partial charge on any atom is -0.341 e. The Morgan fingerprint density at radius 1 is 1.27 bits per heavy atom. The van der Waals surface area contributed by atoms with Crippen molar-refractivity contribution in [2.24, 2.45) is 0 Å². The van der Waals surface area contributed by atoms with Crippen LogP contribution in [-0.4, -0.2) is 30.4 Å². The number of aryl methyl sites for hydroxylation is 1. The molecular formula is C9H8N6. The Morgan fingerprint density at radius 2 is 2.20 bits per heavy atom. The molecule has 2 N–H and O–H groups in total. The fraction of sp³-hybridized carbons (Fsp3) is 0.111. The Kier molecular flexibility index (Phi) is 1.55. The van der Waals surface area contributed by atoms with Crippen molar-refractivity contribution in [1.29, 1.82) is 0 Å². The first-order valence-corrected chi connectivity index (χ1v) is 4.51. The molecule has 0 atom stereocenters. The Balaban J connectivity index is 2.21. The van der Waals surface area contributed by atoms with Crippen LogP contribution in [0.3, 0.4) is 0 Å². The molecule has 0 aliphatic heterocycles. The molecule has 15 heavy (non-hydrogen) atoms. The van der Waals surface area contributed by atoms with Crippen LogP contribution in [0.15, 0.2) is 18.5 Å². The van der Waals surface area contributed by atoms with Crippen LogP contribution in [0, 0.1) is 6.92 Å². The summed E-state index contributed by atoms with van der Waals surface area (Å²) in [5.41, 5.74) is 3.32. The second kappa shape index (κ2) is 2.88. The third kappa shape index (κ3) is 1.26. The van der Waals surface area contributed by atoms with Crippen molar-refractivity contribution in [2.45, 2.75) is 6.92 Å². The maximum absolute atomic E-state index is 4.23. The van der Waals surface area contributed by atoms with Crippen molar-refractivity contribution in [3.63, 3.8) is 0 Å². The monoisotopic (exact) mass is 200 g/mol. The Hall–Kier alpha value is -2.24. The normalized spacial score (nSPS) is 11.0. The summed E-state index contributed by atoms with van der Waals surface area (Å²) in [5, 5.41) is 10.3. The molecule has 0 saturated heterocycles. The van der Waals surface area contributed by atoms with Gasteiger partial charge in [0.15, 0.2) is 5.65 Å². The number of H-pyrrole nitrogens is 2. The van der Waals surface area contributed by atoms with Crippen LogP contribution in [0.2, 0.25) is 0 Å². The standard InChI is InChI=1S/C9H8N6/c1-5-12-7-2-6(3-10-9(7)13-5)8-4-11-15-14-8/h2-4H,1H3,(H,10,12,13)(H,11,14,15). The Labute approximate surface area is 84.8 Å². The molecule has 0 radical (unpaired) electrons. The van der Waals surface area contributed by atoms with Gasteiger partial charge in [0.1, 0.15) is 11.5 Å². The van der Waals surface area contributed by atoms with Crippen LogP contribution < -0.4 is 0 Å². The minimum atomic E-state index is 0.722. The summed E-state index contributed by atoms with van der Waals surface area (Å²) >= 11 is 0. The average Bonchev–Trinajstić information content (AvgIpc) is 2.82. The molecule has 6 nitrogen and oxygen atoms in total. The summed E-state index contributed by atoms with van der Waals surface area (Å²) < 4.78 is 0. The van der Waals surface area contributed by atoms with Crippen molar-refractivity contribution in [1.82, 2.24) is 30.4 Å². The van der Waals surface area contributed by atoms with E-state index in [4.69, 9.17) is 0 Å². The summed E-state index contributed by atoms with van der Waals surface area (Å²) in [6.45, 7) is 1.90. The molecule has 0 aliphatic rings. The zero-order chi connectivity index (χ0) is 10.3. The maximum Gasteiger partial charge on any atom is 0.177 e. The fourth-order valence-corrected chi connectivity index (χ4v) is 1.50. The summed E-state index contributed by atoms with van der Waals surface area (Å²) in [6, 6.07) is 1.96. The minimum absolute atomic E-state index is 0.722. The van der Waals surface area contributed by atoms with E-state index in [1.807, 2.05) is 13.0 Å². The summed E-state index contributed by atoms with van der Waals surface area (Å²) in [6.07, 6.45) is 3.40. The van der Waals surface area contributed by atoms with Gasteiger partial charge in [0.05, 0.1) is 11.7 Å². The van der Waals surface area contributed by atoms with E-state index in [1.54, 1.807) is 12.4 Å². The predicted molar refractivity (Wildman–Crippen MR) is 54.0 cm³/mol. The van der Waals surface area contributed by atoms with E-state index in [1.165, 1.54) is 0 Å². The maximum atomic E-state index is 4.23. The number of hydrogen-bond donors (Lipinski definition) is 2. The number of aromatic amines is 2. The molecule has 3 heterocycles. The highest BCUT2D eigenvalue weighted by Gasteiger charge is 2.05. The van der Waals surface area contributed by atoms with Crippen molar-refractivity contribution >= 4 is 11.2 Å². The number of fused-ring (bicyclic) bond motifs is 1. The van der Waals surface area contributed by atoms with Gasteiger partial charge < -0.3 is 4.98 Å². The van der Waals surface area contributed by atoms with E-state index in [2.05, 4.69) is 30.4 Å². The zero-order valence-electron chi connectivity index (χ0n) is 8.02. The first-order valence-electron chi connectivity index (χ1n) is 4.51. The number of rotatable bonds is 1. The molecule has 74 valence electrons. The quantitative estimate of drug-likeness (QED) is 0.615. The highest BCUT2D eigenvalue weighted by molar-refractivity contribution is 5.76. The predicted octanol–water partition coefficient (Wildman–Crippen LogP) is 1.05. The van der Waals surface area contributed by atoms with Gasteiger partial charge in [-0.25, -0.2) is 9.97 Å². The molecule has 0 spiro atoms. The summed E-state index contributed by atoms with van der Waals surface area (Å²) in [4.78, 5) is 11.6. The van der Waals surface area contributed by atoms with Crippen molar-refractivity contribution in [3.8, 4) is 11.3 Å². The molecule has 6 heteroatoms. The second-order valence-electron chi connectivity index (χ2n) is 3.27. The molecule has 0 aliphatic carbocycles. The molecule has 0 unspecified atom stereocenters. The van der Waals surface area contributed by atoms with Crippen LogP contribution in [-0.2, 0) is 0 Å². The van der Waals surface area contributed by atoms with Gasteiger partial charge in [0, 0.05) is 11.8 Å². The van der Waals surface area contributed by atoms with Gasteiger partial charge in [-0.15, -0.1) is 0 Å². The lowest BCUT2D eigenvalue weighted by Gasteiger charge is -1.93.